The van der Waals surface area contributed by atoms with Crippen LogP contribution in [-0.4, -0.2) is 31.5 Å². The van der Waals surface area contributed by atoms with Crippen molar-refractivity contribution in [3.63, 3.8) is 0 Å². The Hall–Kier alpha value is -2.57. The van der Waals surface area contributed by atoms with E-state index in [-0.39, 0.29) is 12.6 Å². The number of anilines is 1. The van der Waals surface area contributed by atoms with Crippen LogP contribution >= 0.6 is 0 Å². The number of para-hydroxylation sites is 2. The van der Waals surface area contributed by atoms with Gasteiger partial charge in [0.2, 0.25) is 0 Å². The molecule has 2 rings (SSSR count). The van der Waals surface area contributed by atoms with E-state index in [1.165, 1.54) is 0 Å². The van der Waals surface area contributed by atoms with E-state index in [0.29, 0.717) is 31.2 Å². The summed E-state index contributed by atoms with van der Waals surface area (Å²) >= 11 is 0. The summed E-state index contributed by atoms with van der Waals surface area (Å²) < 4.78 is 10.7. The number of urea groups is 1. The second kappa shape index (κ2) is 10.3. The van der Waals surface area contributed by atoms with E-state index in [0.717, 1.165) is 17.5 Å². The average molecular weight is 344 g/mol. The first-order chi connectivity index (χ1) is 12.2. The zero-order valence-corrected chi connectivity index (χ0v) is 14.3. The minimum absolute atomic E-state index is 0.0579. The number of carbonyl (C=O) groups excluding carboxylic acids is 1. The van der Waals surface area contributed by atoms with Crippen LogP contribution in [-0.2, 0) is 17.9 Å². The van der Waals surface area contributed by atoms with Gasteiger partial charge in [0, 0.05) is 26.7 Å². The lowest BCUT2D eigenvalue weighted by atomic mass is 10.1. The van der Waals surface area contributed by atoms with Crippen LogP contribution in [0.3, 0.4) is 0 Å². The Balaban J connectivity index is 1.89. The van der Waals surface area contributed by atoms with Gasteiger partial charge < -0.3 is 25.2 Å². The molecule has 0 saturated heterocycles. The summed E-state index contributed by atoms with van der Waals surface area (Å²) in [7, 11) is 1.65. The lowest BCUT2D eigenvalue weighted by Gasteiger charge is -2.13. The second-order valence-corrected chi connectivity index (χ2v) is 5.43. The predicted molar refractivity (Wildman–Crippen MR) is 96.7 cm³/mol. The maximum atomic E-state index is 12.2. The topological polar surface area (TPSA) is 79.8 Å². The molecule has 6 heteroatoms. The van der Waals surface area contributed by atoms with E-state index < -0.39 is 0 Å². The molecule has 134 valence electrons. The predicted octanol–water partition coefficient (Wildman–Crippen LogP) is 2.92. The molecule has 0 radical (unpaired) electrons. The number of methoxy groups -OCH3 is 1. The van der Waals surface area contributed by atoms with Crippen molar-refractivity contribution >= 4 is 11.7 Å². The number of amides is 2. The van der Waals surface area contributed by atoms with Gasteiger partial charge in [0.1, 0.15) is 5.75 Å². The summed E-state index contributed by atoms with van der Waals surface area (Å²) in [6, 6.07) is 14.4. The van der Waals surface area contributed by atoms with Crippen LogP contribution in [0, 0.1) is 0 Å². The van der Waals surface area contributed by atoms with Gasteiger partial charge in [0.15, 0.2) is 0 Å². The molecule has 0 aliphatic carbocycles. The fourth-order valence-electron chi connectivity index (χ4n) is 2.31. The Morgan fingerprint density at radius 1 is 1.04 bits per heavy atom. The van der Waals surface area contributed by atoms with Crippen molar-refractivity contribution in [2.75, 3.05) is 25.6 Å². The van der Waals surface area contributed by atoms with Crippen LogP contribution in [0.25, 0.3) is 0 Å². The Kier molecular flexibility index (Phi) is 7.75. The Morgan fingerprint density at radius 2 is 1.76 bits per heavy atom. The molecule has 0 unspecified atom stereocenters. The highest BCUT2D eigenvalue weighted by atomic mass is 16.5. The SMILES string of the molecule is COCCCOc1ccccc1NC(=O)NCc1ccccc1CO. The fourth-order valence-corrected chi connectivity index (χ4v) is 2.31. The van der Waals surface area contributed by atoms with Crippen molar-refractivity contribution in [2.24, 2.45) is 0 Å². The number of hydrogen-bond donors (Lipinski definition) is 3. The van der Waals surface area contributed by atoms with Crippen molar-refractivity contribution in [3.8, 4) is 5.75 Å². The van der Waals surface area contributed by atoms with Crippen molar-refractivity contribution < 1.29 is 19.4 Å². The summed E-state index contributed by atoms with van der Waals surface area (Å²) in [5.41, 5.74) is 2.28. The van der Waals surface area contributed by atoms with Gasteiger partial charge in [0.25, 0.3) is 0 Å². The van der Waals surface area contributed by atoms with Crippen molar-refractivity contribution in [2.45, 2.75) is 19.6 Å². The normalized spacial score (nSPS) is 10.3. The average Bonchev–Trinajstić information content (AvgIpc) is 2.65. The smallest absolute Gasteiger partial charge is 0.319 e. The fraction of sp³-hybridized carbons (Fsp3) is 0.316. The van der Waals surface area contributed by atoms with E-state index in [9.17, 15) is 9.90 Å². The van der Waals surface area contributed by atoms with Crippen molar-refractivity contribution in [1.82, 2.24) is 5.32 Å². The number of rotatable bonds is 9. The van der Waals surface area contributed by atoms with E-state index in [1.807, 2.05) is 42.5 Å². The first-order valence-corrected chi connectivity index (χ1v) is 8.18. The van der Waals surface area contributed by atoms with Gasteiger partial charge in [-0.1, -0.05) is 36.4 Å². The highest BCUT2D eigenvalue weighted by molar-refractivity contribution is 5.90. The minimum Gasteiger partial charge on any atom is -0.491 e. The van der Waals surface area contributed by atoms with E-state index >= 15 is 0 Å². The van der Waals surface area contributed by atoms with Crippen molar-refractivity contribution in [1.29, 1.82) is 0 Å². The summed E-state index contributed by atoms with van der Waals surface area (Å²) in [5, 5.41) is 14.9. The molecule has 0 fully saturated rings. The van der Waals surface area contributed by atoms with Crippen molar-refractivity contribution in [3.05, 3.63) is 59.7 Å². The van der Waals surface area contributed by atoms with Gasteiger partial charge in [0.05, 0.1) is 18.9 Å². The molecule has 0 aromatic heterocycles. The summed E-state index contributed by atoms with van der Waals surface area (Å²) in [5.74, 6) is 0.615. The molecule has 2 amide bonds. The molecule has 3 N–H and O–H groups in total. The summed E-state index contributed by atoms with van der Waals surface area (Å²) in [6.45, 7) is 1.41. The molecule has 25 heavy (non-hydrogen) atoms. The number of ether oxygens (including phenoxy) is 2. The van der Waals surface area contributed by atoms with Crippen LogP contribution in [0.2, 0.25) is 0 Å². The largest absolute Gasteiger partial charge is 0.491 e. The summed E-state index contributed by atoms with van der Waals surface area (Å²) in [6.07, 6.45) is 0.773. The van der Waals surface area contributed by atoms with Gasteiger partial charge in [-0.05, 0) is 23.3 Å². The molecule has 0 aliphatic rings. The van der Waals surface area contributed by atoms with Gasteiger partial charge in [-0.25, -0.2) is 4.79 Å². The van der Waals surface area contributed by atoms with Crippen LogP contribution in [0.5, 0.6) is 5.75 Å². The lowest BCUT2D eigenvalue weighted by Crippen LogP contribution is -2.28. The van der Waals surface area contributed by atoms with Crippen LogP contribution in [0.1, 0.15) is 17.5 Å². The molecule has 0 aliphatic heterocycles. The Morgan fingerprint density at radius 3 is 2.52 bits per heavy atom. The quantitative estimate of drug-likeness (QED) is 0.611. The first-order valence-electron chi connectivity index (χ1n) is 8.18. The third-order valence-corrected chi connectivity index (χ3v) is 3.61. The third-order valence-electron chi connectivity index (χ3n) is 3.61. The second-order valence-electron chi connectivity index (χ2n) is 5.43. The zero-order valence-electron chi connectivity index (χ0n) is 14.3. The maximum absolute atomic E-state index is 12.2. The highest BCUT2D eigenvalue weighted by Crippen LogP contribution is 2.23. The summed E-state index contributed by atoms with van der Waals surface area (Å²) in [4.78, 5) is 12.2. The van der Waals surface area contributed by atoms with Gasteiger partial charge >= 0.3 is 6.03 Å². The van der Waals surface area contributed by atoms with E-state index in [1.54, 1.807) is 13.2 Å². The molecule has 2 aromatic carbocycles. The standard InChI is InChI=1S/C19H24N2O4/c1-24-11-6-12-25-18-10-5-4-9-17(18)21-19(23)20-13-15-7-2-3-8-16(15)14-22/h2-5,7-10,22H,6,11-14H2,1H3,(H2,20,21,23). The number of nitrogens with one attached hydrogen (secondary N) is 2. The first kappa shape index (κ1) is 18.8. The van der Waals surface area contributed by atoms with Gasteiger partial charge in [-0.2, -0.15) is 0 Å². The zero-order chi connectivity index (χ0) is 17.9. The number of benzene rings is 2. The number of carbonyl (C=O) groups is 1. The molecule has 2 aromatic rings. The lowest BCUT2D eigenvalue weighted by molar-refractivity contribution is 0.172. The maximum Gasteiger partial charge on any atom is 0.319 e. The Labute approximate surface area is 147 Å². The van der Waals surface area contributed by atoms with E-state index in [4.69, 9.17) is 9.47 Å². The van der Waals surface area contributed by atoms with Crippen LogP contribution in [0.15, 0.2) is 48.5 Å². The van der Waals surface area contributed by atoms with E-state index in [2.05, 4.69) is 10.6 Å². The number of aliphatic hydroxyl groups is 1. The Bertz CT molecular complexity index is 676. The monoisotopic (exact) mass is 344 g/mol. The number of hydrogen-bond acceptors (Lipinski definition) is 4. The third kappa shape index (κ3) is 6.10. The van der Waals surface area contributed by atoms with Gasteiger partial charge in [-0.15, -0.1) is 0 Å². The molecule has 0 heterocycles. The van der Waals surface area contributed by atoms with Gasteiger partial charge in [-0.3, -0.25) is 0 Å². The minimum atomic E-state index is -0.333. The molecule has 0 atom stereocenters. The van der Waals surface area contributed by atoms with Crippen LogP contribution < -0.4 is 15.4 Å². The molecule has 0 spiro atoms. The molecular formula is C19H24N2O4. The van der Waals surface area contributed by atoms with Crippen LogP contribution in [0.4, 0.5) is 10.5 Å². The molecular weight excluding hydrogens is 320 g/mol. The number of aliphatic hydroxyl groups excluding tert-OH is 1. The highest BCUT2D eigenvalue weighted by Gasteiger charge is 2.08. The molecule has 6 nitrogen and oxygen atoms in total. The molecule has 0 bridgehead atoms. The molecule has 0 saturated carbocycles.